The molecular weight excluding hydrogens is 404 g/mol. The second kappa shape index (κ2) is 8.68. The maximum absolute atomic E-state index is 13.0. The topological polar surface area (TPSA) is 96.7 Å². The molecule has 0 spiro atoms. The summed E-state index contributed by atoms with van der Waals surface area (Å²) in [5.41, 5.74) is 0.929. The number of nitriles is 1. The monoisotopic (exact) mass is 422 g/mol. The van der Waals surface area contributed by atoms with Gasteiger partial charge in [-0.2, -0.15) is 5.26 Å². The molecule has 0 heterocycles. The van der Waals surface area contributed by atoms with Crippen LogP contribution in [0.2, 0.25) is 0 Å². The Morgan fingerprint density at radius 1 is 1.00 bits per heavy atom. The van der Waals surface area contributed by atoms with Gasteiger partial charge in [0.1, 0.15) is 11.5 Å². The number of benzene rings is 3. The number of sulfonamides is 1. The Hall–Kier alpha value is -3.83. The molecule has 0 bridgehead atoms. The molecule has 8 heteroatoms. The SMILES string of the molecule is COc1ccccc1N(C)S(=O)(=O)c1ccc(C(=O)Oc2cccc(C#N)c2)cc1. The molecule has 0 unspecified atom stereocenters. The van der Waals surface area contributed by atoms with E-state index in [9.17, 15) is 13.2 Å². The summed E-state index contributed by atoms with van der Waals surface area (Å²) in [5, 5.41) is 8.92. The van der Waals surface area contributed by atoms with Crippen molar-refractivity contribution in [2.24, 2.45) is 0 Å². The van der Waals surface area contributed by atoms with Crippen LogP contribution in [0.5, 0.6) is 11.5 Å². The summed E-state index contributed by atoms with van der Waals surface area (Å²) < 4.78 is 37.5. The van der Waals surface area contributed by atoms with Crippen LogP contribution in [-0.2, 0) is 10.0 Å². The Bertz CT molecular complexity index is 1210. The number of hydrogen-bond donors (Lipinski definition) is 0. The van der Waals surface area contributed by atoms with E-state index in [1.165, 1.54) is 44.5 Å². The summed E-state index contributed by atoms with van der Waals surface area (Å²) in [4.78, 5) is 12.3. The second-order valence-corrected chi connectivity index (χ2v) is 8.17. The summed E-state index contributed by atoms with van der Waals surface area (Å²) in [6.07, 6.45) is 0. The van der Waals surface area contributed by atoms with E-state index in [1.54, 1.807) is 42.5 Å². The van der Waals surface area contributed by atoms with Crippen molar-refractivity contribution in [3.63, 3.8) is 0 Å². The molecule has 30 heavy (non-hydrogen) atoms. The van der Waals surface area contributed by atoms with Crippen LogP contribution < -0.4 is 13.8 Å². The van der Waals surface area contributed by atoms with E-state index in [0.717, 1.165) is 4.31 Å². The first-order valence-corrected chi connectivity index (χ1v) is 10.2. The van der Waals surface area contributed by atoms with Crippen molar-refractivity contribution >= 4 is 21.7 Å². The third kappa shape index (κ3) is 4.26. The lowest BCUT2D eigenvalue weighted by Gasteiger charge is -2.21. The standard InChI is InChI=1S/C22H18N2O5S/c1-24(20-8-3-4-9-21(20)28-2)30(26,27)19-12-10-17(11-13-19)22(25)29-18-7-5-6-16(14-18)15-23/h3-14H,1-2H3. The number of carbonyl (C=O) groups is 1. The lowest BCUT2D eigenvalue weighted by atomic mass is 10.2. The molecule has 0 fully saturated rings. The minimum Gasteiger partial charge on any atom is -0.495 e. The third-order valence-electron chi connectivity index (χ3n) is 4.35. The first-order valence-electron chi connectivity index (χ1n) is 8.81. The molecule has 0 aliphatic carbocycles. The molecule has 3 aromatic rings. The normalized spacial score (nSPS) is 10.7. The van der Waals surface area contributed by atoms with Gasteiger partial charge in [0.2, 0.25) is 0 Å². The average molecular weight is 422 g/mol. The highest BCUT2D eigenvalue weighted by atomic mass is 32.2. The van der Waals surface area contributed by atoms with Crippen molar-refractivity contribution in [2.75, 3.05) is 18.5 Å². The summed E-state index contributed by atoms with van der Waals surface area (Å²) in [6.45, 7) is 0. The zero-order chi connectivity index (χ0) is 21.7. The van der Waals surface area contributed by atoms with Crippen molar-refractivity contribution in [3.05, 3.63) is 83.9 Å². The van der Waals surface area contributed by atoms with Gasteiger partial charge >= 0.3 is 5.97 Å². The number of nitrogens with zero attached hydrogens (tertiary/aromatic N) is 2. The van der Waals surface area contributed by atoms with E-state index in [0.29, 0.717) is 17.0 Å². The highest BCUT2D eigenvalue weighted by Gasteiger charge is 2.24. The Morgan fingerprint density at radius 2 is 1.70 bits per heavy atom. The number of methoxy groups -OCH3 is 1. The predicted octanol–water partition coefficient (Wildman–Crippen LogP) is 3.61. The molecule has 3 rings (SSSR count). The van der Waals surface area contributed by atoms with Gasteiger partial charge < -0.3 is 9.47 Å². The van der Waals surface area contributed by atoms with Gasteiger partial charge in [-0.1, -0.05) is 18.2 Å². The first-order chi connectivity index (χ1) is 14.4. The molecule has 3 aromatic carbocycles. The predicted molar refractivity (Wildman–Crippen MR) is 111 cm³/mol. The van der Waals surface area contributed by atoms with Crippen molar-refractivity contribution in [1.82, 2.24) is 0 Å². The molecule has 0 atom stereocenters. The minimum atomic E-state index is -3.87. The van der Waals surface area contributed by atoms with Crippen LogP contribution in [-0.4, -0.2) is 28.5 Å². The highest BCUT2D eigenvalue weighted by Crippen LogP contribution is 2.31. The molecule has 0 amide bonds. The average Bonchev–Trinajstić information content (AvgIpc) is 2.78. The second-order valence-electron chi connectivity index (χ2n) is 6.20. The van der Waals surface area contributed by atoms with Gasteiger partial charge in [0, 0.05) is 7.05 Å². The molecule has 0 N–H and O–H groups in total. The van der Waals surface area contributed by atoms with Gasteiger partial charge in [-0.25, -0.2) is 13.2 Å². The molecule has 0 radical (unpaired) electrons. The van der Waals surface area contributed by atoms with Gasteiger partial charge in [0.15, 0.2) is 0 Å². The molecule has 0 aromatic heterocycles. The largest absolute Gasteiger partial charge is 0.495 e. The van der Waals surface area contributed by atoms with E-state index < -0.39 is 16.0 Å². The summed E-state index contributed by atoms with van der Waals surface area (Å²) in [7, 11) is -0.977. The number of carbonyl (C=O) groups excluding carboxylic acids is 1. The Balaban J connectivity index is 1.82. The van der Waals surface area contributed by atoms with Crippen molar-refractivity contribution in [2.45, 2.75) is 4.90 Å². The van der Waals surface area contributed by atoms with E-state index in [1.807, 2.05) is 6.07 Å². The lowest BCUT2D eigenvalue weighted by Crippen LogP contribution is -2.27. The molecule has 0 aliphatic heterocycles. The highest BCUT2D eigenvalue weighted by molar-refractivity contribution is 7.92. The fourth-order valence-corrected chi connectivity index (χ4v) is 3.94. The molecule has 7 nitrogen and oxygen atoms in total. The van der Waals surface area contributed by atoms with Gasteiger partial charge in [0.05, 0.1) is 34.9 Å². The third-order valence-corrected chi connectivity index (χ3v) is 6.13. The maximum Gasteiger partial charge on any atom is 0.343 e. The van der Waals surface area contributed by atoms with Crippen molar-refractivity contribution in [1.29, 1.82) is 5.26 Å². The Labute approximate surface area is 174 Å². The fraction of sp³-hybridized carbons (Fsp3) is 0.0909. The maximum atomic E-state index is 13.0. The Morgan fingerprint density at radius 3 is 2.37 bits per heavy atom. The number of para-hydroxylation sites is 2. The van der Waals surface area contributed by atoms with E-state index in [4.69, 9.17) is 14.7 Å². The van der Waals surface area contributed by atoms with Gasteiger partial charge in [-0.05, 0) is 54.6 Å². The van der Waals surface area contributed by atoms with Gasteiger partial charge in [-0.15, -0.1) is 0 Å². The molecule has 0 saturated carbocycles. The van der Waals surface area contributed by atoms with Crippen molar-refractivity contribution in [3.8, 4) is 17.6 Å². The van der Waals surface area contributed by atoms with E-state index in [2.05, 4.69) is 0 Å². The van der Waals surface area contributed by atoms with Crippen LogP contribution in [0.25, 0.3) is 0 Å². The number of ether oxygens (including phenoxy) is 2. The van der Waals surface area contributed by atoms with E-state index >= 15 is 0 Å². The van der Waals surface area contributed by atoms with Crippen LogP contribution in [0.3, 0.4) is 0 Å². The van der Waals surface area contributed by atoms with Gasteiger partial charge in [0.25, 0.3) is 10.0 Å². The van der Waals surface area contributed by atoms with E-state index in [-0.39, 0.29) is 16.2 Å². The number of rotatable bonds is 6. The van der Waals surface area contributed by atoms with Crippen LogP contribution in [0.4, 0.5) is 5.69 Å². The quantitative estimate of drug-likeness (QED) is 0.445. The lowest BCUT2D eigenvalue weighted by molar-refractivity contribution is 0.0734. The zero-order valence-corrected chi connectivity index (χ0v) is 17.1. The fourth-order valence-electron chi connectivity index (χ4n) is 2.74. The van der Waals surface area contributed by atoms with Gasteiger partial charge in [-0.3, -0.25) is 4.31 Å². The van der Waals surface area contributed by atoms with Crippen LogP contribution in [0, 0.1) is 11.3 Å². The number of hydrogen-bond acceptors (Lipinski definition) is 6. The van der Waals surface area contributed by atoms with Crippen LogP contribution >= 0.6 is 0 Å². The summed E-state index contributed by atoms with van der Waals surface area (Å²) in [6, 6.07) is 20.3. The van der Waals surface area contributed by atoms with Crippen molar-refractivity contribution < 1.29 is 22.7 Å². The smallest absolute Gasteiger partial charge is 0.343 e. The molecule has 152 valence electrons. The molecule has 0 aliphatic rings. The number of esters is 1. The van der Waals surface area contributed by atoms with Crippen LogP contribution in [0.15, 0.2) is 77.7 Å². The number of anilines is 1. The summed E-state index contributed by atoms with van der Waals surface area (Å²) >= 11 is 0. The molecular formula is C22H18N2O5S. The minimum absolute atomic E-state index is 0.0129. The van der Waals surface area contributed by atoms with Crippen LogP contribution in [0.1, 0.15) is 15.9 Å². The first kappa shape index (κ1) is 20.9. The zero-order valence-electron chi connectivity index (χ0n) is 16.3. The molecule has 0 saturated heterocycles. The Kier molecular flexibility index (Phi) is 6.04. The summed E-state index contributed by atoms with van der Waals surface area (Å²) in [5.74, 6) is -0.0119.